The molecule has 1 aromatic carbocycles. The van der Waals surface area contributed by atoms with Crippen molar-refractivity contribution >= 4 is 11.7 Å². The molecule has 0 spiro atoms. The number of carbonyl (C=O) groups is 1. The Morgan fingerprint density at radius 3 is 3.05 bits per heavy atom. The largest absolute Gasteiger partial charge is 0.378 e. The second kappa shape index (κ2) is 7.43. The minimum atomic E-state index is -0.182. The topological polar surface area (TPSA) is 76.4 Å². The van der Waals surface area contributed by atoms with E-state index in [9.17, 15) is 4.79 Å². The Morgan fingerprint density at radius 2 is 2.33 bits per heavy atom. The fourth-order valence-corrected chi connectivity index (χ4v) is 2.68. The van der Waals surface area contributed by atoms with Gasteiger partial charge < -0.3 is 21.1 Å². The maximum absolute atomic E-state index is 12.0. The third-order valence-electron chi connectivity index (χ3n) is 3.94. The van der Waals surface area contributed by atoms with Gasteiger partial charge in [-0.3, -0.25) is 0 Å². The number of urea groups is 1. The predicted octanol–water partition coefficient (Wildman–Crippen LogP) is 2.64. The Labute approximate surface area is 126 Å². The SMILES string of the molecule is CCC1OCCC1CNC(=O)Nc1cccc(C(C)N)c1. The average molecular weight is 291 g/mol. The number of hydrogen-bond donors (Lipinski definition) is 3. The van der Waals surface area contributed by atoms with Crippen LogP contribution in [0.2, 0.25) is 0 Å². The maximum atomic E-state index is 12.0. The summed E-state index contributed by atoms with van der Waals surface area (Å²) >= 11 is 0. The van der Waals surface area contributed by atoms with E-state index >= 15 is 0 Å². The molecular weight excluding hydrogens is 266 g/mol. The molecule has 3 atom stereocenters. The van der Waals surface area contributed by atoms with Gasteiger partial charge in [-0.1, -0.05) is 19.1 Å². The molecule has 5 nitrogen and oxygen atoms in total. The number of nitrogens with one attached hydrogen (secondary N) is 2. The smallest absolute Gasteiger partial charge is 0.319 e. The molecular formula is C16H25N3O2. The van der Waals surface area contributed by atoms with Gasteiger partial charge in [-0.2, -0.15) is 0 Å². The fraction of sp³-hybridized carbons (Fsp3) is 0.562. The molecule has 0 bridgehead atoms. The van der Waals surface area contributed by atoms with Gasteiger partial charge in [0.2, 0.25) is 0 Å². The minimum absolute atomic E-state index is 0.0456. The molecule has 0 aliphatic carbocycles. The quantitative estimate of drug-likeness (QED) is 0.780. The van der Waals surface area contributed by atoms with Gasteiger partial charge in [0, 0.05) is 30.8 Å². The van der Waals surface area contributed by atoms with Crippen LogP contribution in [0.15, 0.2) is 24.3 Å². The molecule has 1 fully saturated rings. The average Bonchev–Trinajstić information content (AvgIpc) is 2.93. The van der Waals surface area contributed by atoms with E-state index in [4.69, 9.17) is 10.5 Å². The summed E-state index contributed by atoms with van der Waals surface area (Å²) in [5.41, 5.74) is 7.61. The fourth-order valence-electron chi connectivity index (χ4n) is 2.68. The van der Waals surface area contributed by atoms with E-state index in [0.29, 0.717) is 12.5 Å². The van der Waals surface area contributed by atoms with Crippen molar-refractivity contribution in [1.82, 2.24) is 5.32 Å². The van der Waals surface area contributed by atoms with Crippen LogP contribution in [0.4, 0.5) is 10.5 Å². The molecule has 2 amide bonds. The number of amides is 2. The predicted molar refractivity (Wildman–Crippen MR) is 84.2 cm³/mol. The van der Waals surface area contributed by atoms with E-state index in [0.717, 1.165) is 30.7 Å². The Morgan fingerprint density at radius 1 is 1.52 bits per heavy atom. The van der Waals surface area contributed by atoms with Gasteiger partial charge in [0.25, 0.3) is 0 Å². The molecule has 1 aliphatic rings. The van der Waals surface area contributed by atoms with Crippen molar-refractivity contribution in [3.63, 3.8) is 0 Å². The van der Waals surface area contributed by atoms with E-state index < -0.39 is 0 Å². The van der Waals surface area contributed by atoms with Gasteiger partial charge in [-0.25, -0.2) is 4.79 Å². The van der Waals surface area contributed by atoms with E-state index in [2.05, 4.69) is 17.6 Å². The second-order valence-electron chi connectivity index (χ2n) is 5.62. The normalized spacial score (nSPS) is 22.8. The Kier molecular flexibility index (Phi) is 5.59. The van der Waals surface area contributed by atoms with Gasteiger partial charge in [0.1, 0.15) is 0 Å². The molecule has 4 N–H and O–H groups in total. The highest BCUT2D eigenvalue weighted by Gasteiger charge is 2.26. The van der Waals surface area contributed by atoms with Crippen LogP contribution in [0.25, 0.3) is 0 Å². The van der Waals surface area contributed by atoms with Crippen LogP contribution in [0.1, 0.15) is 38.3 Å². The van der Waals surface area contributed by atoms with Crippen molar-refractivity contribution in [2.45, 2.75) is 38.8 Å². The highest BCUT2D eigenvalue weighted by atomic mass is 16.5. The molecule has 1 aliphatic heterocycles. The maximum Gasteiger partial charge on any atom is 0.319 e. The van der Waals surface area contributed by atoms with Crippen LogP contribution < -0.4 is 16.4 Å². The van der Waals surface area contributed by atoms with Crippen molar-refractivity contribution in [2.24, 2.45) is 11.7 Å². The van der Waals surface area contributed by atoms with E-state index in [1.807, 2.05) is 31.2 Å². The first kappa shape index (κ1) is 15.8. The zero-order valence-corrected chi connectivity index (χ0v) is 12.8. The number of anilines is 1. The molecule has 3 unspecified atom stereocenters. The number of benzene rings is 1. The molecule has 116 valence electrons. The summed E-state index contributed by atoms with van der Waals surface area (Å²) in [6, 6.07) is 7.38. The molecule has 1 saturated heterocycles. The standard InChI is InChI=1S/C16H25N3O2/c1-3-15-13(7-8-21-15)10-18-16(20)19-14-6-4-5-12(9-14)11(2)17/h4-6,9,11,13,15H,3,7-8,10,17H2,1-2H3,(H2,18,19,20). The lowest BCUT2D eigenvalue weighted by Crippen LogP contribution is -2.35. The van der Waals surface area contributed by atoms with Crippen LogP contribution in [0, 0.1) is 5.92 Å². The van der Waals surface area contributed by atoms with Crippen molar-refractivity contribution in [3.05, 3.63) is 29.8 Å². The van der Waals surface area contributed by atoms with Crippen molar-refractivity contribution in [2.75, 3.05) is 18.5 Å². The Hall–Kier alpha value is -1.59. The lowest BCUT2D eigenvalue weighted by atomic mass is 10.00. The lowest BCUT2D eigenvalue weighted by molar-refractivity contribution is 0.0879. The van der Waals surface area contributed by atoms with Gasteiger partial charge in [0.05, 0.1) is 6.10 Å². The van der Waals surface area contributed by atoms with Crippen LogP contribution in [-0.4, -0.2) is 25.3 Å². The molecule has 1 aromatic rings. The van der Waals surface area contributed by atoms with E-state index in [1.165, 1.54) is 0 Å². The van der Waals surface area contributed by atoms with Crippen molar-refractivity contribution in [3.8, 4) is 0 Å². The first-order valence-corrected chi connectivity index (χ1v) is 7.62. The van der Waals surface area contributed by atoms with Crippen LogP contribution in [0.3, 0.4) is 0 Å². The van der Waals surface area contributed by atoms with Crippen LogP contribution in [-0.2, 0) is 4.74 Å². The summed E-state index contributed by atoms with van der Waals surface area (Å²) in [6.45, 7) is 5.48. The first-order chi connectivity index (χ1) is 10.1. The number of nitrogens with two attached hydrogens (primary N) is 1. The Bertz CT molecular complexity index is 476. The molecule has 2 rings (SSSR count). The van der Waals surface area contributed by atoms with Crippen molar-refractivity contribution in [1.29, 1.82) is 0 Å². The zero-order valence-electron chi connectivity index (χ0n) is 12.8. The number of rotatable bonds is 5. The molecule has 0 radical (unpaired) electrons. The second-order valence-corrected chi connectivity index (χ2v) is 5.62. The molecule has 0 aromatic heterocycles. The van der Waals surface area contributed by atoms with Gasteiger partial charge in [-0.15, -0.1) is 0 Å². The van der Waals surface area contributed by atoms with Crippen molar-refractivity contribution < 1.29 is 9.53 Å². The monoisotopic (exact) mass is 291 g/mol. The minimum Gasteiger partial charge on any atom is -0.378 e. The van der Waals surface area contributed by atoms with E-state index in [1.54, 1.807) is 0 Å². The first-order valence-electron chi connectivity index (χ1n) is 7.62. The van der Waals surface area contributed by atoms with Gasteiger partial charge in [0.15, 0.2) is 0 Å². The molecule has 5 heteroatoms. The van der Waals surface area contributed by atoms with Gasteiger partial charge >= 0.3 is 6.03 Å². The third-order valence-corrected chi connectivity index (χ3v) is 3.94. The highest BCUT2D eigenvalue weighted by Crippen LogP contribution is 2.22. The highest BCUT2D eigenvalue weighted by molar-refractivity contribution is 5.89. The summed E-state index contributed by atoms with van der Waals surface area (Å²) in [5, 5.41) is 5.77. The summed E-state index contributed by atoms with van der Waals surface area (Å²) in [4.78, 5) is 12.0. The molecule has 21 heavy (non-hydrogen) atoms. The number of ether oxygens (including phenoxy) is 1. The van der Waals surface area contributed by atoms with Gasteiger partial charge in [-0.05, 0) is 37.5 Å². The Balaban J connectivity index is 1.83. The molecule has 1 heterocycles. The summed E-state index contributed by atoms with van der Waals surface area (Å²) in [6.07, 6.45) is 2.27. The number of carbonyl (C=O) groups excluding carboxylic acids is 1. The third kappa shape index (κ3) is 4.44. The van der Waals surface area contributed by atoms with Crippen LogP contribution >= 0.6 is 0 Å². The van der Waals surface area contributed by atoms with E-state index in [-0.39, 0.29) is 18.2 Å². The zero-order chi connectivity index (χ0) is 15.2. The summed E-state index contributed by atoms with van der Waals surface area (Å²) in [5.74, 6) is 0.413. The van der Waals surface area contributed by atoms with Crippen LogP contribution in [0.5, 0.6) is 0 Å². The summed E-state index contributed by atoms with van der Waals surface area (Å²) < 4.78 is 5.62. The summed E-state index contributed by atoms with van der Waals surface area (Å²) in [7, 11) is 0. The molecule has 0 saturated carbocycles. The lowest BCUT2D eigenvalue weighted by Gasteiger charge is -2.17. The number of hydrogen-bond acceptors (Lipinski definition) is 3.